The quantitative estimate of drug-likeness (QED) is 0.438. The number of halogens is 1. The smallest absolute Gasteiger partial charge is 0.227 e. The van der Waals surface area contributed by atoms with Gasteiger partial charge in [-0.1, -0.05) is 26.0 Å². The molecular weight excluding hydrogens is 441 g/mol. The molecular formula is C25H28FN3OS2. The summed E-state index contributed by atoms with van der Waals surface area (Å²) in [6, 6.07) is 14.8. The third-order valence-electron chi connectivity index (χ3n) is 5.43. The highest BCUT2D eigenvalue weighted by Gasteiger charge is 2.22. The summed E-state index contributed by atoms with van der Waals surface area (Å²) >= 11 is 3.46. The summed E-state index contributed by atoms with van der Waals surface area (Å²) in [6.45, 7) is 8.33. The Morgan fingerprint density at radius 2 is 1.75 bits per heavy atom. The number of thioether (sulfide) groups is 1. The van der Waals surface area contributed by atoms with E-state index in [1.807, 2.05) is 22.0 Å². The first kappa shape index (κ1) is 23.0. The molecule has 32 heavy (non-hydrogen) atoms. The highest BCUT2D eigenvalue weighted by atomic mass is 32.2. The summed E-state index contributed by atoms with van der Waals surface area (Å²) < 4.78 is 13.1. The number of thiazole rings is 1. The van der Waals surface area contributed by atoms with Gasteiger partial charge >= 0.3 is 0 Å². The van der Waals surface area contributed by atoms with E-state index in [1.165, 1.54) is 17.0 Å². The van der Waals surface area contributed by atoms with Crippen molar-refractivity contribution >= 4 is 29.0 Å². The molecule has 1 amide bonds. The van der Waals surface area contributed by atoms with E-state index >= 15 is 0 Å². The van der Waals surface area contributed by atoms with Gasteiger partial charge in [0, 0.05) is 47.3 Å². The van der Waals surface area contributed by atoms with Gasteiger partial charge in [0.15, 0.2) is 0 Å². The topological polar surface area (TPSA) is 36.4 Å². The first-order chi connectivity index (χ1) is 15.5. The molecule has 1 aromatic heterocycles. The summed E-state index contributed by atoms with van der Waals surface area (Å²) in [6.07, 6.45) is 0.458. The Morgan fingerprint density at radius 1 is 1.06 bits per heavy atom. The number of hydrogen-bond acceptors (Lipinski definition) is 5. The number of carbonyl (C=O) groups excluding carboxylic acids is 1. The lowest BCUT2D eigenvalue weighted by molar-refractivity contribution is -0.132. The fourth-order valence-electron chi connectivity index (χ4n) is 3.73. The van der Waals surface area contributed by atoms with Crippen molar-refractivity contribution in [3.8, 4) is 11.3 Å². The number of carbonyl (C=O) groups is 1. The summed E-state index contributed by atoms with van der Waals surface area (Å²) in [4.78, 5) is 23.0. The molecule has 0 atom stereocenters. The minimum absolute atomic E-state index is 0.196. The van der Waals surface area contributed by atoms with Crippen LogP contribution >= 0.6 is 23.1 Å². The lowest BCUT2D eigenvalue weighted by atomic mass is 10.1. The molecule has 3 aromatic rings. The van der Waals surface area contributed by atoms with Gasteiger partial charge in [-0.2, -0.15) is 0 Å². The van der Waals surface area contributed by atoms with Gasteiger partial charge in [-0.25, -0.2) is 9.37 Å². The maximum absolute atomic E-state index is 13.1. The predicted molar refractivity (Wildman–Crippen MR) is 131 cm³/mol. The third kappa shape index (κ3) is 6.18. The van der Waals surface area contributed by atoms with Gasteiger partial charge in [0.1, 0.15) is 10.8 Å². The first-order valence-electron chi connectivity index (χ1n) is 10.9. The second-order valence-electron chi connectivity index (χ2n) is 8.28. The molecule has 1 aliphatic rings. The zero-order chi connectivity index (χ0) is 22.5. The van der Waals surface area contributed by atoms with Crippen LogP contribution in [-0.4, -0.2) is 52.1 Å². The summed E-state index contributed by atoms with van der Waals surface area (Å²) in [7, 11) is 0. The van der Waals surface area contributed by atoms with E-state index in [0.717, 1.165) is 54.6 Å². The number of benzene rings is 2. The maximum atomic E-state index is 13.1. The van der Waals surface area contributed by atoms with Gasteiger partial charge in [0.05, 0.1) is 18.7 Å². The van der Waals surface area contributed by atoms with Gasteiger partial charge in [0.2, 0.25) is 5.91 Å². The van der Waals surface area contributed by atoms with E-state index in [9.17, 15) is 9.18 Å². The Kier molecular flexibility index (Phi) is 7.60. The Balaban J connectivity index is 1.25. The van der Waals surface area contributed by atoms with Crippen LogP contribution in [0.5, 0.6) is 0 Å². The molecule has 1 fully saturated rings. The van der Waals surface area contributed by atoms with E-state index in [-0.39, 0.29) is 11.7 Å². The first-order valence-corrected chi connectivity index (χ1v) is 12.7. The molecule has 0 spiro atoms. The van der Waals surface area contributed by atoms with Gasteiger partial charge in [-0.15, -0.1) is 23.1 Å². The predicted octanol–water partition coefficient (Wildman–Crippen LogP) is 5.34. The molecule has 1 aliphatic heterocycles. The van der Waals surface area contributed by atoms with E-state index in [1.54, 1.807) is 23.5 Å². The van der Waals surface area contributed by atoms with Crippen LogP contribution in [0.4, 0.5) is 4.39 Å². The van der Waals surface area contributed by atoms with Crippen molar-refractivity contribution in [2.45, 2.75) is 37.0 Å². The second kappa shape index (κ2) is 10.6. The van der Waals surface area contributed by atoms with Crippen LogP contribution in [0.15, 0.2) is 58.8 Å². The van der Waals surface area contributed by atoms with Crippen molar-refractivity contribution in [1.29, 1.82) is 0 Å². The minimum atomic E-state index is -0.237. The average Bonchev–Trinajstić information content (AvgIpc) is 3.24. The Hall–Kier alpha value is -2.22. The molecule has 4 rings (SSSR count). The Morgan fingerprint density at radius 3 is 2.41 bits per heavy atom. The highest BCUT2D eigenvalue weighted by Crippen LogP contribution is 2.24. The lowest BCUT2D eigenvalue weighted by Crippen LogP contribution is -2.48. The fraction of sp³-hybridized carbons (Fsp3) is 0.360. The van der Waals surface area contributed by atoms with Crippen LogP contribution in [0.2, 0.25) is 0 Å². The van der Waals surface area contributed by atoms with Gasteiger partial charge < -0.3 is 4.90 Å². The molecule has 0 aliphatic carbocycles. The zero-order valence-electron chi connectivity index (χ0n) is 18.5. The van der Waals surface area contributed by atoms with E-state index in [0.29, 0.717) is 11.7 Å². The number of rotatable bonds is 7. The van der Waals surface area contributed by atoms with Crippen LogP contribution in [0.25, 0.3) is 11.3 Å². The largest absolute Gasteiger partial charge is 0.340 e. The number of amides is 1. The second-order valence-corrected chi connectivity index (χ2v) is 10.9. The number of piperazine rings is 1. The van der Waals surface area contributed by atoms with Gasteiger partial charge in [0.25, 0.3) is 0 Å². The minimum Gasteiger partial charge on any atom is -0.340 e. The Bertz CT molecular complexity index is 1030. The number of hydrogen-bond donors (Lipinski definition) is 0. The van der Waals surface area contributed by atoms with E-state index < -0.39 is 0 Å². The van der Waals surface area contributed by atoms with Crippen LogP contribution in [-0.2, 0) is 17.8 Å². The standard InChI is InChI=1S/C25H28FN3OS2/c1-18(2)32-22-9-3-19(4-10-22)15-25(30)29-13-11-28(12-14-29)16-24-27-23(17-31-24)20-5-7-21(26)8-6-20/h3-10,17-18H,11-16H2,1-2H3. The van der Waals surface area contributed by atoms with Crippen molar-refractivity contribution in [2.24, 2.45) is 0 Å². The number of nitrogens with zero attached hydrogens (tertiary/aromatic N) is 3. The van der Waals surface area contributed by atoms with Crippen molar-refractivity contribution in [3.05, 3.63) is 70.3 Å². The van der Waals surface area contributed by atoms with Crippen LogP contribution in [0.3, 0.4) is 0 Å². The molecule has 0 saturated carbocycles. The highest BCUT2D eigenvalue weighted by molar-refractivity contribution is 7.99. The molecule has 0 unspecified atom stereocenters. The molecule has 7 heteroatoms. The van der Waals surface area contributed by atoms with Gasteiger partial charge in [-0.3, -0.25) is 9.69 Å². The SMILES string of the molecule is CC(C)Sc1ccc(CC(=O)N2CCN(Cc3nc(-c4ccc(F)cc4)cs3)CC2)cc1. The van der Waals surface area contributed by atoms with Crippen molar-refractivity contribution in [3.63, 3.8) is 0 Å². The molecule has 1 saturated heterocycles. The maximum Gasteiger partial charge on any atom is 0.227 e. The normalized spacial score (nSPS) is 14.8. The zero-order valence-corrected chi connectivity index (χ0v) is 20.1. The average molecular weight is 470 g/mol. The monoisotopic (exact) mass is 469 g/mol. The van der Waals surface area contributed by atoms with Gasteiger partial charge in [-0.05, 0) is 42.0 Å². The van der Waals surface area contributed by atoms with E-state index in [4.69, 9.17) is 4.98 Å². The summed E-state index contributed by atoms with van der Waals surface area (Å²) in [5, 5.41) is 3.62. The summed E-state index contributed by atoms with van der Waals surface area (Å²) in [5.41, 5.74) is 2.89. The fourth-order valence-corrected chi connectivity index (χ4v) is 5.41. The van der Waals surface area contributed by atoms with Crippen LogP contribution < -0.4 is 0 Å². The van der Waals surface area contributed by atoms with Crippen LogP contribution in [0.1, 0.15) is 24.4 Å². The number of aromatic nitrogens is 1. The van der Waals surface area contributed by atoms with Crippen molar-refractivity contribution < 1.29 is 9.18 Å². The molecule has 0 radical (unpaired) electrons. The molecule has 2 aromatic carbocycles. The van der Waals surface area contributed by atoms with E-state index in [2.05, 4.69) is 43.0 Å². The molecule has 168 valence electrons. The molecule has 0 bridgehead atoms. The van der Waals surface area contributed by atoms with Crippen molar-refractivity contribution in [2.75, 3.05) is 26.2 Å². The summed E-state index contributed by atoms with van der Waals surface area (Å²) in [5.74, 6) is -0.0412. The van der Waals surface area contributed by atoms with Crippen LogP contribution in [0, 0.1) is 5.82 Å². The Labute approximate surface area is 197 Å². The molecule has 0 N–H and O–H groups in total. The van der Waals surface area contributed by atoms with Crippen molar-refractivity contribution in [1.82, 2.24) is 14.8 Å². The molecule has 4 nitrogen and oxygen atoms in total. The lowest BCUT2D eigenvalue weighted by Gasteiger charge is -2.34. The molecule has 2 heterocycles. The third-order valence-corrected chi connectivity index (χ3v) is 7.28.